The fraction of sp³-hybridized carbons (Fsp3) is 0.727. The van der Waals surface area contributed by atoms with Crippen molar-refractivity contribution in [3.05, 3.63) is 6.20 Å². The van der Waals surface area contributed by atoms with E-state index < -0.39 is 0 Å². The number of hydrogen-bond donors (Lipinski definition) is 1. The molecule has 0 radical (unpaired) electrons. The maximum absolute atomic E-state index is 5.30. The number of hydrogen-bond acceptors (Lipinski definition) is 6. The van der Waals surface area contributed by atoms with Gasteiger partial charge in [-0.1, -0.05) is 13.3 Å². The number of nitrogens with zero attached hydrogens (tertiary/aromatic N) is 4. The Balaban J connectivity index is 1.95. The fourth-order valence-electron chi connectivity index (χ4n) is 1.67. The average molecular weight is 237 g/mol. The van der Waals surface area contributed by atoms with E-state index >= 15 is 0 Å². The van der Waals surface area contributed by atoms with Crippen molar-refractivity contribution < 1.29 is 4.74 Å². The first-order valence-electron chi connectivity index (χ1n) is 6.16. The van der Waals surface area contributed by atoms with Crippen LogP contribution in [-0.4, -0.2) is 48.0 Å². The van der Waals surface area contributed by atoms with Crippen LogP contribution < -0.4 is 10.2 Å². The Morgan fingerprint density at radius 1 is 1.41 bits per heavy atom. The van der Waals surface area contributed by atoms with Crippen LogP contribution in [0.5, 0.6) is 0 Å². The zero-order valence-electron chi connectivity index (χ0n) is 10.2. The number of anilines is 2. The van der Waals surface area contributed by atoms with Crippen LogP contribution in [0.4, 0.5) is 11.8 Å². The number of unbranched alkanes of at least 4 members (excludes halogenated alkanes) is 1. The first kappa shape index (κ1) is 12.0. The maximum Gasteiger partial charge on any atom is 0.247 e. The molecule has 2 heterocycles. The number of nitrogens with one attached hydrogen (secondary N) is 1. The van der Waals surface area contributed by atoms with Gasteiger partial charge in [-0.3, -0.25) is 0 Å². The highest BCUT2D eigenvalue weighted by Crippen LogP contribution is 2.10. The normalized spacial score (nSPS) is 15.9. The summed E-state index contributed by atoms with van der Waals surface area (Å²) in [6.45, 7) is 6.23. The highest BCUT2D eigenvalue weighted by Gasteiger charge is 2.14. The molecule has 1 aromatic rings. The SMILES string of the molecule is CCCCNc1cnnc(N2CCOCC2)n1. The molecule has 0 aromatic carbocycles. The van der Waals surface area contributed by atoms with E-state index in [9.17, 15) is 0 Å². The van der Waals surface area contributed by atoms with Gasteiger partial charge in [-0.15, -0.1) is 5.10 Å². The molecule has 1 saturated heterocycles. The molecule has 1 fully saturated rings. The summed E-state index contributed by atoms with van der Waals surface area (Å²) in [6, 6.07) is 0. The summed E-state index contributed by atoms with van der Waals surface area (Å²) in [6.07, 6.45) is 3.97. The molecule has 1 N–H and O–H groups in total. The maximum atomic E-state index is 5.30. The Hall–Kier alpha value is -1.43. The van der Waals surface area contributed by atoms with Gasteiger partial charge in [-0.2, -0.15) is 10.1 Å². The lowest BCUT2D eigenvalue weighted by molar-refractivity contribution is 0.122. The van der Waals surface area contributed by atoms with Crippen LogP contribution in [0.2, 0.25) is 0 Å². The van der Waals surface area contributed by atoms with Gasteiger partial charge in [0.15, 0.2) is 5.82 Å². The monoisotopic (exact) mass is 237 g/mol. The highest BCUT2D eigenvalue weighted by molar-refractivity contribution is 5.38. The van der Waals surface area contributed by atoms with E-state index in [2.05, 4.69) is 32.3 Å². The summed E-state index contributed by atoms with van der Waals surface area (Å²) in [4.78, 5) is 6.55. The van der Waals surface area contributed by atoms with Gasteiger partial charge in [-0.05, 0) is 6.42 Å². The van der Waals surface area contributed by atoms with E-state index in [1.54, 1.807) is 6.20 Å². The molecule has 1 aliphatic heterocycles. The quantitative estimate of drug-likeness (QED) is 0.768. The molecule has 1 aliphatic rings. The third-order valence-electron chi connectivity index (χ3n) is 2.68. The van der Waals surface area contributed by atoms with Crippen molar-refractivity contribution in [1.82, 2.24) is 15.2 Å². The van der Waals surface area contributed by atoms with E-state index in [0.717, 1.165) is 45.1 Å². The summed E-state index contributed by atoms with van der Waals surface area (Å²) in [5.41, 5.74) is 0. The lowest BCUT2D eigenvalue weighted by Gasteiger charge is -2.26. The van der Waals surface area contributed by atoms with Gasteiger partial charge in [0.1, 0.15) is 0 Å². The molecular weight excluding hydrogens is 218 g/mol. The van der Waals surface area contributed by atoms with Crippen LogP contribution in [0.3, 0.4) is 0 Å². The first-order valence-corrected chi connectivity index (χ1v) is 6.16. The summed E-state index contributed by atoms with van der Waals surface area (Å²) >= 11 is 0. The van der Waals surface area contributed by atoms with Crippen LogP contribution in [0, 0.1) is 0 Å². The molecule has 0 saturated carbocycles. The Labute approximate surface area is 101 Å². The molecule has 1 aromatic heterocycles. The molecule has 17 heavy (non-hydrogen) atoms. The predicted octanol–water partition coefficient (Wildman–Crippen LogP) is 0.920. The third-order valence-corrected chi connectivity index (χ3v) is 2.68. The summed E-state index contributed by atoms with van der Waals surface area (Å²) in [7, 11) is 0. The second-order valence-electron chi connectivity index (χ2n) is 4.02. The van der Waals surface area contributed by atoms with Crippen molar-refractivity contribution >= 4 is 11.8 Å². The van der Waals surface area contributed by atoms with Crippen molar-refractivity contribution in [2.45, 2.75) is 19.8 Å². The van der Waals surface area contributed by atoms with E-state index in [4.69, 9.17) is 4.74 Å². The Morgan fingerprint density at radius 3 is 3.00 bits per heavy atom. The smallest absolute Gasteiger partial charge is 0.247 e. The van der Waals surface area contributed by atoms with Crippen LogP contribution in [0.1, 0.15) is 19.8 Å². The molecule has 0 unspecified atom stereocenters. The van der Waals surface area contributed by atoms with Gasteiger partial charge < -0.3 is 15.0 Å². The second-order valence-corrected chi connectivity index (χ2v) is 4.02. The zero-order valence-corrected chi connectivity index (χ0v) is 10.2. The van der Waals surface area contributed by atoms with E-state index in [1.165, 1.54) is 6.42 Å². The molecular formula is C11H19N5O. The van der Waals surface area contributed by atoms with Gasteiger partial charge in [0.2, 0.25) is 5.95 Å². The highest BCUT2D eigenvalue weighted by atomic mass is 16.5. The third kappa shape index (κ3) is 3.52. The second kappa shape index (κ2) is 6.34. The van der Waals surface area contributed by atoms with Crippen molar-refractivity contribution in [2.75, 3.05) is 43.1 Å². The van der Waals surface area contributed by atoms with Crippen molar-refractivity contribution in [2.24, 2.45) is 0 Å². The average Bonchev–Trinajstić information content (AvgIpc) is 2.41. The summed E-state index contributed by atoms with van der Waals surface area (Å²) in [5.74, 6) is 1.49. The van der Waals surface area contributed by atoms with Gasteiger partial charge in [0.05, 0.1) is 19.4 Å². The minimum absolute atomic E-state index is 0.690. The Bertz CT molecular complexity index is 340. The molecule has 0 aliphatic carbocycles. The standard InChI is InChI=1S/C11H19N5O/c1-2-3-4-12-10-9-13-15-11(14-10)16-5-7-17-8-6-16/h9H,2-8H2,1H3,(H,12,14,15). The Kier molecular flexibility index (Phi) is 4.49. The predicted molar refractivity (Wildman–Crippen MR) is 66.3 cm³/mol. The fourth-order valence-corrected chi connectivity index (χ4v) is 1.67. The topological polar surface area (TPSA) is 63.2 Å². The molecule has 0 spiro atoms. The molecule has 0 atom stereocenters. The van der Waals surface area contributed by atoms with Gasteiger partial charge >= 0.3 is 0 Å². The van der Waals surface area contributed by atoms with Gasteiger partial charge in [0.25, 0.3) is 0 Å². The number of aromatic nitrogens is 3. The summed E-state index contributed by atoms with van der Waals surface area (Å²) in [5, 5.41) is 11.3. The van der Waals surface area contributed by atoms with Crippen LogP contribution in [-0.2, 0) is 4.74 Å². The van der Waals surface area contributed by atoms with E-state index in [1.807, 2.05) is 0 Å². The lowest BCUT2D eigenvalue weighted by atomic mass is 10.3. The van der Waals surface area contributed by atoms with Gasteiger partial charge in [-0.25, -0.2) is 0 Å². The van der Waals surface area contributed by atoms with E-state index in [-0.39, 0.29) is 0 Å². The van der Waals surface area contributed by atoms with Crippen molar-refractivity contribution in [3.8, 4) is 0 Å². The molecule has 0 bridgehead atoms. The summed E-state index contributed by atoms with van der Waals surface area (Å²) < 4.78 is 5.30. The lowest BCUT2D eigenvalue weighted by Crippen LogP contribution is -2.37. The largest absolute Gasteiger partial charge is 0.378 e. The van der Waals surface area contributed by atoms with Gasteiger partial charge in [0, 0.05) is 19.6 Å². The van der Waals surface area contributed by atoms with Crippen LogP contribution in [0.15, 0.2) is 6.20 Å². The number of morpholine rings is 1. The Morgan fingerprint density at radius 2 is 2.24 bits per heavy atom. The molecule has 2 rings (SSSR count). The minimum atomic E-state index is 0.690. The first-order chi connectivity index (χ1) is 8.40. The zero-order chi connectivity index (χ0) is 11.9. The minimum Gasteiger partial charge on any atom is -0.378 e. The molecule has 94 valence electrons. The molecule has 6 heteroatoms. The van der Waals surface area contributed by atoms with Crippen molar-refractivity contribution in [1.29, 1.82) is 0 Å². The molecule has 6 nitrogen and oxygen atoms in total. The van der Waals surface area contributed by atoms with Crippen LogP contribution in [0.25, 0.3) is 0 Å². The van der Waals surface area contributed by atoms with Crippen molar-refractivity contribution in [3.63, 3.8) is 0 Å². The van der Waals surface area contributed by atoms with Crippen LogP contribution >= 0.6 is 0 Å². The number of rotatable bonds is 5. The van der Waals surface area contributed by atoms with E-state index in [0.29, 0.717) is 5.95 Å². The molecule has 0 amide bonds. The number of ether oxygens (including phenoxy) is 1.